The molecule has 0 amide bonds. The molecule has 0 spiro atoms. The van der Waals surface area contributed by atoms with Crippen molar-refractivity contribution in [2.75, 3.05) is 34.7 Å². The number of aldehydes is 1. The quantitative estimate of drug-likeness (QED) is 0.512. The fourth-order valence-electron chi connectivity index (χ4n) is 1.90. The largest absolute Gasteiger partial charge is 0.302 e. The van der Waals surface area contributed by atoms with E-state index >= 15 is 0 Å². The fraction of sp³-hybridized carbons (Fsp3) is 0.875. The molecule has 0 aromatic carbocycles. The van der Waals surface area contributed by atoms with Crippen molar-refractivity contribution in [3.63, 3.8) is 0 Å². The van der Waals surface area contributed by atoms with E-state index in [1.54, 1.807) is 0 Å². The van der Waals surface area contributed by atoms with E-state index < -0.39 is 0 Å². The van der Waals surface area contributed by atoms with Gasteiger partial charge in [0.2, 0.25) is 0 Å². The Balaban J connectivity index is 2.69. The molecule has 1 aliphatic heterocycles. The monoisotopic (exact) mass is 171 g/mol. The molecule has 0 aromatic rings. The van der Waals surface area contributed by atoms with Crippen LogP contribution in [0.4, 0.5) is 0 Å². The first kappa shape index (κ1) is 9.64. The number of rotatable bonds is 2. The third kappa shape index (κ3) is 1.50. The summed E-state index contributed by atoms with van der Waals surface area (Å²) in [5.41, 5.74) is 0. The van der Waals surface area contributed by atoms with E-state index in [1.807, 2.05) is 28.2 Å². The van der Waals surface area contributed by atoms with Gasteiger partial charge in [0.1, 0.15) is 12.6 Å². The van der Waals surface area contributed by atoms with Crippen molar-refractivity contribution in [2.24, 2.45) is 0 Å². The molecule has 1 fully saturated rings. The maximum Gasteiger partial charge on any atom is 0.138 e. The summed E-state index contributed by atoms with van der Waals surface area (Å²) in [4.78, 5) is 17.0. The van der Waals surface area contributed by atoms with Crippen LogP contribution >= 0.6 is 0 Å². The summed E-state index contributed by atoms with van der Waals surface area (Å²) in [5.74, 6) is 0. The van der Waals surface area contributed by atoms with Crippen molar-refractivity contribution >= 4 is 6.29 Å². The summed E-state index contributed by atoms with van der Waals surface area (Å²) in [5, 5.41) is 0. The van der Waals surface area contributed by atoms with Gasteiger partial charge in [0.15, 0.2) is 0 Å². The molecule has 1 rings (SSSR count). The maximum absolute atomic E-state index is 10.6. The molecule has 4 nitrogen and oxygen atoms in total. The summed E-state index contributed by atoms with van der Waals surface area (Å²) in [6.45, 7) is 0.822. The van der Waals surface area contributed by atoms with E-state index in [2.05, 4.69) is 14.7 Å². The molecule has 12 heavy (non-hydrogen) atoms. The third-order valence-electron chi connectivity index (χ3n) is 2.38. The van der Waals surface area contributed by atoms with Gasteiger partial charge >= 0.3 is 0 Å². The summed E-state index contributed by atoms with van der Waals surface area (Å²) in [6, 6.07) is 0.0439. The Labute approximate surface area is 73.7 Å². The van der Waals surface area contributed by atoms with Gasteiger partial charge in [-0.2, -0.15) is 0 Å². The van der Waals surface area contributed by atoms with Crippen molar-refractivity contribution in [3.8, 4) is 0 Å². The highest BCUT2D eigenvalue weighted by Crippen LogP contribution is 2.16. The average Bonchev–Trinajstić information content (AvgIpc) is 2.25. The van der Waals surface area contributed by atoms with Gasteiger partial charge in [0.05, 0.1) is 6.04 Å². The Morgan fingerprint density at radius 1 is 1.42 bits per heavy atom. The van der Waals surface area contributed by atoms with E-state index in [0.717, 1.165) is 12.8 Å². The summed E-state index contributed by atoms with van der Waals surface area (Å²) >= 11 is 0. The molecule has 0 aliphatic carbocycles. The molecule has 0 N–H and O–H groups in total. The van der Waals surface area contributed by atoms with Crippen molar-refractivity contribution < 1.29 is 4.79 Å². The van der Waals surface area contributed by atoms with Gasteiger partial charge in [-0.1, -0.05) is 0 Å². The number of carbonyl (C=O) groups is 1. The van der Waals surface area contributed by atoms with Gasteiger partial charge in [0.25, 0.3) is 0 Å². The highest BCUT2D eigenvalue weighted by atomic mass is 16.1. The van der Waals surface area contributed by atoms with Gasteiger partial charge < -0.3 is 4.79 Å². The number of nitrogens with zero attached hydrogens (tertiary/aromatic N) is 3. The van der Waals surface area contributed by atoms with Crippen LogP contribution in [-0.2, 0) is 4.79 Å². The van der Waals surface area contributed by atoms with E-state index in [-0.39, 0.29) is 12.3 Å². The van der Waals surface area contributed by atoms with E-state index in [0.29, 0.717) is 0 Å². The summed E-state index contributed by atoms with van der Waals surface area (Å²) in [7, 11) is 8.05. The molecule has 0 radical (unpaired) electrons. The second-order valence-electron chi connectivity index (χ2n) is 3.62. The van der Waals surface area contributed by atoms with Gasteiger partial charge in [-0.15, -0.1) is 0 Å². The second kappa shape index (κ2) is 3.51. The lowest BCUT2D eigenvalue weighted by Gasteiger charge is -2.31. The van der Waals surface area contributed by atoms with Crippen LogP contribution in [0.15, 0.2) is 0 Å². The predicted molar refractivity (Wildman–Crippen MR) is 47.7 cm³/mol. The lowest BCUT2D eigenvalue weighted by atomic mass is 10.3. The number of hydrogen-bond acceptors (Lipinski definition) is 4. The second-order valence-corrected chi connectivity index (χ2v) is 3.62. The topological polar surface area (TPSA) is 26.8 Å². The third-order valence-corrected chi connectivity index (χ3v) is 2.38. The molecule has 1 heterocycles. The molecule has 0 aromatic heterocycles. The smallest absolute Gasteiger partial charge is 0.138 e. The van der Waals surface area contributed by atoms with E-state index in [1.165, 1.54) is 0 Å². The minimum absolute atomic E-state index is 0.0439. The molecule has 0 saturated carbocycles. The van der Waals surface area contributed by atoms with Crippen molar-refractivity contribution in [1.82, 2.24) is 14.7 Å². The Bertz CT molecular complexity index is 172. The van der Waals surface area contributed by atoms with Gasteiger partial charge in [-0.25, -0.2) is 0 Å². The molecule has 2 unspecified atom stereocenters. The van der Waals surface area contributed by atoms with Crippen molar-refractivity contribution in [3.05, 3.63) is 0 Å². The molecular formula is C8H17N3O. The highest BCUT2D eigenvalue weighted by molar-refractivity contribution is 5.58. The lowest BCUT2D eigenvalue weighted by molar-refractivity contribution is -0.111. The highest BCUT2D eigenvalue weighted by Gasteiger charge is 2.35. The SMILES string of the molecule is CN(C)C1N(C)CC(C=O)N1C. The first-order chi connectivity index (χ1) is 5.57. The van der Waals surface area contributed by atoms with Crippen molar-refractivity contribution in [2.45, 2.75) is 12.3 Å². The van der Waals surface area contributed by atoms with Crippen LogP contribution in [-0.4, -0.2) is 68.1 Å². The van der Waals surface area contributed by atoms with E-state index in [9.17, 15) is 4.79 Å². The Hall–Kier alpha value is -0.450. The Morgan fingerprint density at radius 2 is 2.00 bits per heavy atom. The molecule has 1 aliphatic rings. The standard InChI is InChI=1S/C8H17N3O/c1-9(2)8-10(3)5-7(6-12)11(8)4/h6-8H,5H2,1-4H3. The van der Waals surface area contributed by atoms with Crippen LogP contribution in [0.25, 0.3) is 0 Å². The van der Waals surface area contributed by atoms with Gasteiger partial charge in [-0.05, 0) is 28.2 Å². The molecule has 1 saturated heterocycles. The summed E-state index contributed by atoms with van der Waals surface area (Å²) in [6.07, 6.45) is 1.26. The van der Waals surface area contributed by atoms with Crippen LogP contribution in [0, 0.1) is 0 Å². The number of hydrogen-bond donors (Lipinski definition) is 0. The van der Waals surface area contributed by atoms with E-state index in [4.69, 9.17) is 0 Å². The zero-order chi connectivity index (χ0) is 9.30. The van der Waals surface area contributed by atoms with Crippen molar-refractivity contribution in [1.29, 1.82) is 0 Å². The number of likely N-dealkylation sites (N-methyl/N-ethyl adjacent to an activating group) is 2. The minimum atomic E-state index is 0.0439. The number of carbonyl (C=O) groups excluding carboxylic acids is 1. The lowest BCUT2D eigenvalue weighted by Crippen LogP contribution is -2.47. The van der Waals surface area contributed by atoms with Crippen LogP contribution in [0.3, 0.4) is 0 Å². The first-order valence-corrected chi connectivity index (χ1v) is 4.12. The zero-order valence-corrected chi connectivity index (χ0v) is 8.19. The first-order valence-electron chi connectivity index (χ1n) is 4.12. The molecule has 2 atom stereocenters. The van der Waals surface area contributed by atoms with Gasteiger partial charge in [-0.3, -0.25) is 14.7 Å². The predicted octanol–water partition coefficient (Wildman–Crippen LogP) is -0.724. The normalized spacial score (nSPS) is 33.1. The Kier molecular flexibility index (Phi) is 2.82. The maximum atomic E-state index is 10.6. The van der Waals surface area contributed by atoms with Crippen LogP contribution in [0.2, 0.25) is 0 Å². The van der Waals surface area contributed by atoms with Crippen LogP contribution in [0.5, 0.6) is 0 Å². The molecular weight excluding hydrogens is 154 g/mol. The van der Waals surface area contributed by atoms with Crippen LogP contribution in [0.1, 0.15) is 0 Å². The zero-order valence-electron chi connectivity index (χ0n) is 8.19. The molecule has 70 valence electrons. The Morgan fingerprint density at radius 3 is 2.25 bits per heavy atom. The van der Waals surface area contributed by atoms with Gasteiger partial charge in [0, 0.05) is 6.54 Å². The summed E-state index contributed by atoms with van der Waals surface area (Å²) < 4.78 is 0. The molecule has 0 bridgehead atoms. The minimum Gasteiger partial charge on any atom is -0.302 e. The molecule has 4 heteroatoms. The van der Waals surface area contributed by atoms with Crippen LogP contribution < -0.4 is 0 Å². The average molecular weight is 171 g/mol. The fourth-order valence-corrected chi connectivity index (χ4v) is 1.90.